The maximum atomic E-state index is 12.3. The van der Waals surface area contributed by atoms with Crippen molar-refractivity contribution < 1.29 is 0 Å². The first-order valence-corrected chi connectivity index (χ1v) is 7.30. The fourth-order valence-electron chi connectivity index (χ4n) is 1.99. The first-order valence-electron chi connectivity index (χ1n) is 5.66. The third-order valence-corrected chi connectivity index (χ3v) is 4.70. The Labute approximate surface area is 123 Å². The van der Waals surface area contributed by atoms with Crippen LogP contribution in [0.25, 0.3) is 10.1 Å². The van der Waals surface area contributed by atoms with Gasteiger partial charge in [0.15, 0.2) is 0 Å². The largest absolute Gasteiger partial charge is 0.310 e. The number of aromatic nitrogens is 1. The van der Waals surface area contributed by atoms with Crippen LogP contribution in [0.4, 0.5) is 0 Å². The third kappa shape index (κ3) is 2.29. The number of pyridine rings is 1. The number of nitrogens with zero attached hydrogens (tertiary/aromatic N) is 1. The van der Waals surface area contributed by atoms with Gasteiger partial charge in [0.05, 0.1) is 22.0 Å². The second-order valence-electron chi connectivity index (χ2n) is 4.16. The highest BCUT2D eigenvalue weighted by Crippen LogP contribution is 2.26. The number of hydrogen-bond donors (Lipinski definition) is 0. The molecule has 0 saturated carbocycles. The summed E-state index contributed by atoms with van der Waals surface area (Å²) in [6.07, 6.45) is 1.79. The molecule has 0 atom stereocenters. The third-order valence-electron chi connectivity index (χ3n) is 2.96. The van der Waals surface area contributed by atoms with Crippen molar-refractivity contribution in [2.24, 2.45) is 0 Å². The fourth-order valence-corrected chi connectivity index (χ4v) is 3.14. The molecule has 2 aromatic heterocycles. The smallest absolute Gasteiger partial charge is 0.259 e. The molecule has 0 aliphatic heterocycles. The van der Waals surface area contributed by atoms with Crippen molar-refractivity contribution in [2.75, 3.05) is 0 Å². The molecule has 0 radical (unpaired) electrons. The molecule has 0 saturated heterocycles. The highest BCUT2D eigenvalue weighted by Gasteiger charge is 2.08. The van der Waals surface area contributed by atoms with E-state index in [0.717, 1.165) is 15.6 Å². The molecule has 19 heavy (non-hydrogen) atoms. The molecule has 96 valence electrons. The van der Waals surface area contributed by atoms with Crippen molar-refractivity contribution in [2.45, 2.75) is 6.54 Å². The standard InChI is InChI=1S/C14H9Cl2NOS/c15-11-3-1-2-9(13(11)16)8-17-6-4-12-10(14(17)18)5-7-19-12/h1-7H,8H2. The molecular weight excluding hydrogens is 301 g/mol. The van der Waals surface area contributed by atoms with Gasteiger partial charge in [0.2, 0.25) is 0 Å². The summed E-state index contributed by atoms with van der Waals surface area (Å²) in [5.41, 5.74) is 0.834. The molecule has 0 aliphatic carbocycles. The van der Waals surface area contributed by atoms with Crippen LogP contribution in [0, 0.1) is 0 Å². The monoisotopic (exact) mass is 309 g/mol. The number of fused-ring (bicyclic) bond motifs is 1. The average molecular weight is 310 g/mol. The lowest BCUT2D eigenvalue weighted by atomic mass is 10.2. The Balaban J connectivity index is 2.08. The van der Waals surface area contributed by atoms with E-state index in [4.69, 9.17) is 23.2 Å². The van der Waals surface area contributed by atoms with Crippen LogP contribution in [0.1, 0.15) is 5.56 Å². The Morgan fingerprint density at radius 3 is 2.84 bits per heavy atom. The van der Waals surface area contributed by atoms with Crippen LogP contribution < -0.4 is 5.56 Å². The van der Waals surface area contributed by atoms with Gasteiger partial charge < -0.3 is 4.57 Å². The summed E-state index contributed by atoms with van der Waals surface area (Å²) in [5.74, 6) is 0. The molecule has 1 aromatic carbocycles. The molecule has 0 spiro atoms. The normalized spacial score (nSPS) is 11.1. The van der Waals surface area contributed by atoms with Crippen LogP contribution in [0.15, 0.2) is 46.7 Å². The van der Waals surface area contributed by atoms with Crippen molar-refractivity contribution in [1.82, 2.24) is 4.57 Å². The average Bonchev–Trinajstić information content (AvgIpc) is 2.87. The van der Waals surface area contributed by atoms with Crippen LogP contribution in [0.2, 0.25) is 10.0 Å². The first-order chi connectivity index (χ1) is 9.16. The molecule has 0 bridgehead atoms. The number of halogens is 2. The van der Waals surface area contributed by atoms with Crippen molar-refractivity contribution in [3.05, 3.63) is 67.9 Å². The molecule has 0 unspecified atom stereocenters. The summed E-state index contributed by atoms with van der Waals surface area (Å²) < 4.78 is 2.64. The summed E-state index contributed by atoms with van der Waals surface area (Å²) >= 11 is 13.7. The summed E-state index contributed by atoms with van der Waals surface area (Å²) in [6, 6.07) is 9.23. The van der Waals surface area contributed by atoms with E-state index in [2.05, 4.69) is 0 Å². The van der Waals surface area contributed by atoms with E-state index in [1.807, 2.05) is 29.6 Å². The maximum absolute atomic E-state index is 12.3. The van der Waals surface area contributed by atoms with Gasteiger partial charge in [-0.3, -0.25) is 4.79 Å². The Hall–Kier alpha value is -1.29. The minimum Gasteiger partial charge on any atom is -0.310 e. The topological polar surface area (TPSA) is 22.0 Å². The Morgan fingerprint density at radius 2 is 2.00 bits per heavy atom. The zero-order chi connectivity index (χ0) is 13.4. The number of rotatable bonds is 2. The number of thiophene rings is 1. The molecule has 0 fully saturated rings. The molecule has 3 rings (SSSR count). The minimum absolute atomic E-state index is 0.00482. The SMILES string of the molecule is O=c1c2ccsc2ccn1Cc1cccc(Cl)c1Cl. The Morgan fingerprint density at radius 1 is 1.16 bits per heavy atom. The molecule has 5 heteroatoms. The summed E-state index contributed by atoms with van der Waals surface area (Å²) in [6.45, 7) is 0.421. The second kappa shape index (κ2) is 5.00. The van der Waals surface area contributed by atoms with E-state index in [1.165, 1.54) is 0 Å². The Kier molecular flexibility index (Phi) is 3.35. The highest BCUT2D eigenvalue weighted by molar-refractivity contribution is 7.17. The second-order valence-corrected chi connectivity index (χ2v) is 5.89. The van der Waals surface area contributed by atoms with Gasteiger partial charge in [-0.2, -0.15) is 0 Å². The van der Waals surface area contributed by atoms with Gasteiger partial charge in [0.25, 0.3) is 5.56 Å². The first kappa shape index (κ1) is 12.7. The maximum Gasteiger partial charge on any atom is 0.259 e. The molecule has 0 N–H and O–H groups in total. The molecule has 2 nitrogen and oxygen atoms in total. The fraction of sp³-hybridized carbons (Fsp3) is 0.0714. The van der Waals surface area contributed by atoms with E-state index in [0.29, 0.717) is 16.6 Å². The van der Waals surface area contributed by atoms with Crippen molar-refractivity contribution >= 4 is 44.6 Å². The van der Waals surface area contributed by atoms with Crippen LogP contribution in [-0.2, 0) is 6.54 Å². The van der Waals surface area contributed by atoms with Crippen LogP contribution in [0.3, 0.4) is 0 Å². The zero-order valence-electron chi connectivity index (χ0n) is 9.77. The van der Waals surface area contributed by atoms with Crippen molar-refractivity contribution in [3.8, 4) is 0 Å². The molecule has 3 aromatic rings. The van der Waals surface area contributed by atoms with E-state index in [1.54, 1.807) is 28.2 Å². The predicted octanol–water partition coefficient (Wildman–Crippen LogP) is 4.42. The van der Waals surface area contributed by atoms with E-state index >= 15 is 0 Å². The number of benzene rings is 1. The van der Waals surface area contributed by atoms with E-state index in [9.17, 15) is 4.79 Å². The van der Waals surface area contributed by atoms with Crippen LogP contribution in [-0.4, -0.2) is 4.57 Å². The van der Waals surface area contributed by atoms with Gasteiger partial charge in [-0.25, -0.2) is 0 Å². The van der Waals surface area contributed by atoms with Crippen LogP contribution in [0.5, 0.6) is 0 Å². The summed E-state index contributed by atoms with van der Waals surface area (Å²) in [5, 5.41) is 3.67. The Bertz CT molecular complexity index is 807. The molecular formula is C14H9Cl2NOS. The quantitative estimate of drug-likeness (QED) is 0.687. The summed E-state index contributed by atoms with van der Waals surface area (Å²) in [4.78, 5) is 12.3. The highest BCUT2D eigenvalue weighted by atomic mass is 35.5. The van der Waals surface area contributed by atoms with Crippen molar-refractivity contribution in [3.63, 3.8) is 0 Å². The van der Waals surface area contributed by atoms with E-state index in [-0.39, 0.29) is 5.56 Å². The van der Waals surface area contributed by atoms with Crippen molar-refractivity contribution in [1.29, 1.82) is 0 Å². The van der Waals surface area contributed by atoms with Gasteiger partial charge in [0.1, 0.15) is 0 Å². The van der Waals surface area contributed by atoms with E-state index < -0.39 is 0 Å². The van der Waals surface area contributed by atoms with Gasteiger partial charge >= 0.3 is 0 Å². The number of hydrogen-bond acceptors (Lipinski definition) is 2. The lowest BCUT2D eigenvalue weighted by Gasteiger charge is -2.08. The lowest BCUT2D eigenvalue weighted by Crippen LogP contribution is -2.19. The predicted molar refractivity (Wildman–Crippen MR) is 81.6 cm³/mol. The molecule has 2 heterocycles. The van der Waals surface area contributed by atoms with Gasteiger partial charge in [-0.15, -0.1) is 11.3 Å². The molecule has 0 amide bonds. The van der Waals surface area contributed by atoms with Gasteiger partial charge in [-0.05, 0) is 29.1 Å². The minimum atomic E-state index is -0.00482. The van der Waals surface area contributed by atoms with Gasteiger partial charge in [-0.1, -0.05) is 35.3 Å². The van der Waals surface area contributed by atoms with Gasteiger partial charge in [0, 0.05) is 10.9 Å². The van der Waals surface area contributed by atoms with Crippen LogP contribution >= 0.6 is 34.5 Å². The molecule has 0 aliphatic rings. The lowest BCUT2D eigenvalue weighted by molar-refractivity contribution is 0.769. The summed E-state index contributed by atoms with van der Waals surface area (Å²) in [7, 11) is 0. The zero-order valence-corrected chi connectivity index (χ0v) is 12.1.